The number of carbonyl (C=O) groups is 1. The molecular weight excluding hydrogens is 404 g/mol. The van der Waals surface area contributed by atoms with E-state index >= 15 is 0 Å². The number of hydrogen-bond donors (Lipinski definition) is 0. The van der Waals surface area contributed by atoms with E-state index in [1.807, 2.05) is 5.57 Å². The first-order chi connectivity index (χ1) is 15.6. The molecular formula is C31H52O2. The molecule has 33 heavy (non-hydrogen) atoms. The number of rotatable bonds is 7. The van der Waals surface area contributed by atoms with E-state index in [4.69, 9.17) is 4.74 Å². The minimum atomic E-state index is -0.102. The van der Waals surface area contributed by atoms with Gasteiger partial charge in [-0.3, -0.25) is 4.79 Å². The lowest BCUT2D eigenvalue weighted by molar-refractivity contribution is -0.151. The van der Waals surface area contributed by atoms with Crippen LogP contribution in [-0.2, 0) is 9.53 Å². The highest BCUT2D eigenvalue weighted by molar-refractivity contribution is 5.66. The maximum atomic E-state index is 11.5. The Hall–Kier alpha value is -0.790. The van der Waals surface area contributed by atoms with Crippen molar-refractivity contribution in [2.45, 2.75) is 125 Å². The maximum Gasteiger partial charge on any atom is 0.302 e. The normalized spacial score (nSPS) is 42.1. The first-order valence-electron chi connectivity index (χ1n) is 14.5. The highest BCUT2D eigenvalue weighted by Gasteiger charge is 2.57. The third kappa shape index (κ3) is 4.58. The van der Waals surface area contributed by atoms with Gasteiger partial charge in [0.1, 0.15) is 6.10 Å². The molecule has 0 amide bonds. The van der Waals surface area contributed by atoms with Crippen LogP contribution in [0.3, 0.4) is 0 Å². The number of allylic oxidation sites excluding steroid dienone is 2. The van der Waals surface area contributed by atoms with Crippen molar-refractivity contribution in [1.82, 2.24) is 0 Å². The standard InChI is InChI=1S/C31H52O2/c1-8-23(20(2)3)10-9-21(4)27-13-14-28-26-12-11-24-19-25(33-22(5)32)15-17-30(24,6)29(26)16-18-31(27,28)7/h16,20-21,23-28H,8-15,17-19H2,1-7H3. The van der Waals surface area contributed by atoms with Crippen molar-refractivity contribution in [3.05, 3.63) is 11.6 Å². The summed E-state index contributed by atoms with van der Waals surface area (Å²) in [5.74, 6) is 5.76. The van der Waals surface area contributed by atoms with Crippen molar-refractivity contribution < 1.29 is 9.53 Å². The van der Waals surface area contributed by atoms with Gasteiger partial charge in [-0.1, -0.05) is 66.0 Å². The second-order valence-electron chi connectivity index (χ2n) is 13.4. The number of ether oxygens (including phenoxy) is 1. The molecule has 0 heterocycles. The molecule has 0 spiro atoms. The molecule has 3 saturated carbocycles. The molecule has 0 radical (unpaired) electrons. The predicted octanol–water partition coefficient (Wildman–Crippen LogP) is 8.60. The molecule has 9 atom stereocenters. The zero-order valence-corrected chi connectivity index (χ0v) is 22.8. The van der Waals surface area contributed by atoms with E-state index in [1.54, 1.807) is 6.92 Å². The third-order valence-electron chi connectivity index (χ3n) is 11.5. The van der Waals surface area contributed by atoms with Gasteiger partial charge in [0.15, 0.2) is 0 Å². The molecule has 2 nitrogen and oxygen atoms in total. The summed E-state index contributed by atoms with van der Waals surface area (Å²) in [6.45, 7) is 16.6. The summed E-state index contributed by atoms with van der Waals surface area (Å²) < 4.78 is 5.65. The number of carbonyl (C=O) groups excluding carboxylic acids is 1. The molecule has 9 unspecified atom stereocenters. The fraction of sp³-hybridized carbons (Fsp3) is 0.903. The van der Waals surface area contributed by atoms with Crippen LogP contribution in [0.5, 0.6) is 0 Å². The quantitative estimate of drug-likeness (QED) is 0.283. The molecule has 4 rings (SSSR count). The Morgan fingerprint density at radius 1 is 1.09 bits per heavy atom. The van der Waals surface area contributed by atoms with Gasteiger partial charge in [-0.2, -0.15) is 0 Å². The van der Waals surface area contributed by atoms with Gasteiger partial charge in [0.2, 0.25) is 0 Å². The van der Waals surface area contributed by atoms with E-state index in [0.29, 0.717) is 16.7 Å². The summed E-state index contributed by atoms with van der Waals surface area (Å²) in [6.07, 6.45) is 17.3. The Labute approximate surface area is 204 Å². The molecule has 4 aliphatic rings. The van der Waals surface area contributed by atoms with Gasteiger partial charge < -0.3 is 4.74 Å². The van der Waals surface area contributed by atoms with Crippen LogP contribution in [0.25, 0.3) is 0 Å². The van der Waals surface area contributed by atoms with Crippen LogP contribution >= 0.6 is 0 Å². The van der Waals surface area contributed by atoms with E-state index in [2.05, 4.69) is 47.6 Å². The summed E-state index contributed by atoms with van der Waals surface area (Å²) in [5, 5.41) is 0. The van der Waals surface area contributed by atoms with Gasteiger partial charge in [-0.05, 0) is 110 Å². The number of fused-ring (bicyclic) bond motifs is 5. The van der Waals surface area contributed by atoms with Gasteiger partial charge in [0.25, 0.3) is 0 Å². The topological polar surface area (TPSA) is 26.3 Å². The summed E-state index contributed by atoms with van der Waals surface area (Å²) in [5.41, 5.74) is 2.67. The van der Waals surface area contributed by atoms with Crippen LogP contribution in [0.1, 0.15) is 119 Å². The fourth-order valence-electron chi connectivity index (χ4n) is 9.49. The molecule has 2 heteroatoms. The summed E-state index contributed by atoms with van der Waals surface area (Å²) in [7, 11) is 0. The number of esters is 1. The fourth-order valence-corrected chi connectivity index (χ4v) is 9.49. The Morgan fingerprint density at radius 2 is 1.85 bits per heavy atom. The highest BCUT2D eigenvalue weighted by atomic mass is 16.5. The van der Waals surface area contributed by atoms with Crippen molar-refractivity contribution >= 4 is 5.97 Å². The smallest absolute Gasteiger partial charge is 0.302 e. The predicted molar refractivity (Wildman–Crippen MR) is 138 cm³/mol. The van der Waals surface area contributed by atoms with E-state index in [1.165, 1.54) is 57.8 Å². The van der Waals surface area contributed by atoms with E-state index in [-0.39, 0.29) is 12.1 Å². The lowest BCUT2D eigenvalue weighted by atomic mass is 9.48. The van der Waals surface area contributed by atoms with Gasteiger partial charge in [-0.25, -0.2) is 0 Å². The second kappa shape index (κ2) is 9.69. The molecule has 0 aromatic heterocycles. The summed E-state index contributed by atoms with van der Waals surface area (Å²) in [6, 6.07) is 0. The zero-order chi connectivity index (χ0) is 24.0. The van der Waals surface area contributed by atoms with Crippen LogP contribution in [0.2, 0.25) is 0 Å². The van der Waals surface area contributed by atoms with Crippen LogP contribution in [0.15, 0.2) is 11.6 Å². The van der Waals surface area contributed by atoms with Crippen molar-refractivity contribution in [3.63, 3.8) is 0 Å². The second-order valence-corrected chi connectivity index (χ2v) is 13.4. The first-order valence-corrected chi connectivity index (χ1v) is 14.5. The van der Waals surface area contributed by atoms with E-state index < -0.39 is 0 Å². The Kier molecular flexibility index (Phi) is 7.43. The van der Waals surface area contributed by atoms with Crippen LogP contribution in [0.4, 0.5) is 0 Å². The van der Waals surface area contributed by atoms with Gasteiger partial charge in [-0.15, -0.1) is 0 Å². The molecule has 188 valence electrons. The SMILES string of the molecule is CCC(CCC(C)C1CCC2C3CCC4CC(OC(C)=O)CCC4(C)C3=CCC12C)C(C)C. The molecule has 0 aromatic rings. The van der Waals surface area contributed by atoms with Crippen molar-refractivity contribution in [3.8, 4) is 0 Å². The van der Waals surface area contributed by atoms with Crippen LogP contribution in [0, 0.1) is 52.3 Å². The van der Waals surface area contributed by atoms with E-state index in [0.717, 1.165) is 48.3 Å². The molecule has 0 saturated heterocycles. The summed E-state index contributed by atoms with van der Waals surface area (Å²) in [4.78, 5) is 11.5. The van der Waals surface area contributed by atoms with Crippen molar-refractivity contribution in [2.75, 3.05) is 0 Å². The summed E-state index contributed by atoms with van der Waals surface area (Å²) >= 11 is 0. The van der Waals surface area contributed by atoms with Gasteiger partial charge in [0.05, 0.1) is 0 Å². The zero-order valence-electron chi connectivity index (χ0n) is 22.8. The van der Waals surface area contributed by atoms with Gasteiger partial charge >= 0.3 is 5.97 Å². The Balaban J connectivity index is 1.47. The average Bonchev–Trinajstić information content (AvgIpc) is 3.11. The average molecular weight is 457 g/mol. The minimum Gasteiger partial charge on any atom is -0.463 e. The monoisotopic (exact) mass is 456 g/mol. The maximum absolute atomic E-state index is 11.5. The lowest BCUT2D eigenvalue weighted by Gasteiger charge is -2.57. The molecule has 0 N–H and O–H groups in total. The van der Waals surface area contributed by atoms with Gasteiger partial charge in [0, 0.05) is 6.92 Å². The molecule has 0 bridgehead atoms. The highest BCUT2D eigenvalue weighted by Crippen LogP contribution is 2.66. The molecule has 4 aliphatic carbocycles. The van der Waals surface area contributed by atoms with Crippen LogP contribution < -0.4 is 0 Å². The van der Waals surface area contributed by atoms with E-state index in [9.17, 15) is 4.79 Å². The third-order valence-corrected chi connectivity index (χ3v) is 11.5. The number of hydrogen-bond acceptors (Lipinski definition) is 2. The van der Waals surface area contributed by atoms with Crippen molar-refractivity contribution in [1.29, 1.82) is 0 Å². The Bertz CT molecular complexity index is 737. The Morgan fingerprint density at radius 3 is 2.52 bits per heavy atom. The molecule has 3 fully saturated rings. The molecule has 0 aliphatic heterocycles. The largest absolute Gasteiger partial charge is 0.463 e. The molecule has 0 aromatic carbocycles. The van der Waals surface area contributed by atoms with Crippen LogP contribution in [-0.4, -0.2) is 12.1 Å². The lowest BCUT2D eigenvalue weighted by Crippen LogP contribution is -2.49. The first kappa shape index (κ1) is 25.3. The van der Waals surface area contributed by atoms with Crippen molar-refractivity contribution in [2.24, 2.45) is 52.3 Å². The minimum absolute atomic E-state index is 0.102.